The van der Waals surface area contributed by atoms with Gasteiger partial charge in [0.25, 0.3) is 0 Å². The van der Waals surface area contributed by atoms with E-state index in [1.165, 1.54) is 25.7 Å². The van der Waals surface area contributed by atoms with Gasteiger partial charge in [0, 0.05) is 35.3 Å². The van der Waals surface area contributed by atoms with E-state index in [0.717, 1.165) is 33.5 Å². The van der Waals surface area contributed by atoms with Gasteiger partial charge in [-0.2, -0.15) is 0 Å². The fourth-order valence-electron chi connectivity index (χ4n) is 3.02. The number of nitrogens with one attached hydrogen (secondary N) is 1. The average Bonchev–Trinajstić information content (AvgIpc) is 3.01. The molecule has 110 valence electrons. The van der Waals surface area contributed by atoms with Crippen LogP contribution in [0.15, 0.2) is 24.3 Å². The number of anilines is 1. The van der Waals surface area contributed by atoms with Gasteiger partial charge in [0.15, 0.2) is 5.82 Å². The first kappa shape index (κ1) is 14.3. The molecule has 1 saturated carbocycles. The molecule has 1 aliphatic rings. The number of benzene rings is 1. The Kier molecular flexibility index (Phi) is 4.11. The van der Waals surface area contributed by atoms with Gasteiger partial charge in [0.2, 0.25) is 0 Å². The maximum absolute atomic E-state index is 6.04. The largest absolute Gasteiger partial charge is 0.373 e. The summed E-state index contributed by atoms with van der Waals surface area (Å²) in [5.74, 6) is 2.25. The van der Waals surface area contributed by atoms with Gasteiger partial charge in [-0.05, 0) is 43.5 Å². The molecule has 0 bridgehead atoms. The number of aryl methyl sites for hydroxylation is 1. The Bertz CT molecular complexity index is 648. The van der Waals surface area contributed by atoms with Gasteiger partial charge in [-0.15, -0.1) is 0 Å². The molecule has 0 unspecified atom stereocenters. The molecular formula is C17H20ClN3. The van der Waals surface area contributed by atoms with Crippen molar-refractivity contribution in [2.75, 3.05) is 12.4 Å². The van der Waals surface area contributed by atoms with Crippen LogP contribution in [0, 0.1) is 6.92 Å². The lowest BCUT2D eigenvalue weighted by atomic mass is 10.0. The van der Waals surface area contributed by atoms with E-state index in [2.05, 4.69) is 16.4 Å². The molecule has 0 atom stereocenters. The zero-order chi connectivity index (χ0) is 14.8. The van der Waals surface area contributed by atoms with Gasteiger partial charge < -0.3 is 5.32 Å². The molecule has 0 radical (unpaired) electrons. The SMILES string of the molecule is CNc1cc(C2CCCC2)nc(-c2ccc(Cl)cc2C)n1. The van der Waals surface area contributed by atoms with Gasteiger partial charge in [-0.25, -0.2) is 9.97 Å². The zero-order valence-corrected chi connectivity index (χ0v) is 13.2. The summed E-state index contributed by atoms with van der Waals surface area (Å²) in [6.45, 7) is 2.05. The quantitative estimate of drug-likeness (QED) is 0.884. The molecule has 2 aromatic rings. The van der Waals surface area contributed by atoms with Gasteiger partial charge in [0.1, 0.15) is 5.82 Å². The Morgan fingerprint density at radius 1 is 1.14 bits per heavy atom. The topological polar surface area (TPSA) is 37.8 Å². The zero-order valence-electron chi connectivity index (χ0n) is 12.5. The number of rotatable bonds is 3. The molecule has 3 nitrogen and oxygen atoms in total. The maximum Gasteiger partial charge on any atom is 0.162 e. The summed E-state index contributed by atoms with van der Waals surface area (Å²) in [5, 5.41) is 3.90. The van der Waals surface area contributed by atoms with E-state index in [-0.39, 0.29) is 0 Å². The summed E-state index contributed by atoms with van der Waals surface area (Å²) in [5.41, 5.74) is 3.32. The van der Waals surface area contributed by atoms with Gasteiger partial charge in [-0.3, -0.25) is 0 Å². The van der Waals surface area contributed by atoms with Crippen LogP contribution in [0.25, 0.3) is 11.4 Å². The van der Waals surface area contributed by atoms with E-state index in [4.69, 9.17) is 16.6 Å². The van der Waals surface area contributed by atoms with E-state index in [0.29, 0.717) is 5.92 Å². The molecule has 0 aliphatic heterocycles. The van der Waals surface area contributed by atoms with Crippen molar-refractivity contribution in [2.45, 2.75) is 38.5 Å². The molecule has 21 heavy (non-hydrogen) atoms. The highest BCUT2D eigenvalue weighted by atomic mass is 35.5. The third kappa shape index (κ3) is 3.03. The lowest BCUT2D eigenvalue weighted by molar-refractivity contribution is 0.696. The van der Waals surface area contributed by atoms with Crippen molar-refractivity contribution in [2.24, 2.45) is 0 Å². The average molecular weight is 302 g/mol. The third-order valence-electron chi connectivity index (χ3n) is 4.20. The highest BCUT2D eigenvalue weighted by Gasteiger charge is 2.20. The Morgan fingerprint density at radius 3 is 2.57 bits per heavy atom. The van der Waals surface area contributed by atoms with Crippen molar-refractivity contribution in [1.82, 2.24) is 9.97 Å². The van der Waals surface area contributed by atoms with Crippen LogP contribution >= 0.6 is 11.6 Å². The number of hydrogen-bond acceptors (Lipinski definition) is 3. The molecule has 4 heteroatoms. The molecule has 1 heterocycles. The van der Waals surface area contributed by atoms with Crippen LogP contribution < -0.4 is 5.32 Å². The summed E-state index contributed by atoms with van der Waals surface area (Å²) >= 11 is 6.04. The maximum atomic E-state index is 6.04. The van der Waals surface area contributed by atoms with E-state index >= 15 is 0 Å². The smallest absolute Gasteiger partial charge is 0.162 e. The molecular weight excluding hydrogens is 282 g/mol. The summed E-state index contributed by atoms with van der Waals surface area (Å²) in [6.07, 6.45) is 5.08. The fourth-order valence-corrected chi connectivity index (χ4v) is 3.25. The summed E-state index contributed by atoms with van der Waals surface area (Å²) < 4.78 is 0. The molecule has 0 saturated heterocycles. The van der Waals surface area contributed by atoms with Crippen molar-refractivity contribution in [1.29, 1.82) is 0 Å². The second-order valence-corrected chi connectivity index (χ2v) is 6.13. The van der Waals surface area contributed by atoms with Crippen molar-refractivity contribution in [3.8, 4) is 11.4 Å². The van der Waals surface area contributed by atoms with E-state index < -0.39 is 0 Å². The Labute approximate surface area is 130 Å². The van der Waals surface area contributed by atoms with Gasteiger partial charge in [0.05, 0.1) is 0 Å². The van der Waals surface area contributed by atoms with Crippen LogP contribution in [-0.4, -0.2) is 17.0 Å². The Hall–Kier alpha value is -1.61. The molecule has 1 aromatic carbocycles. The number of hydrogen-bond donors (Lipinski definition) is 1. The minimum absolute atomic E-state index is 0.575. The first-order valence-corrected chi connectivity index (χ1v) is 7.88. The van der Waals surface area contributed by atoms with Crippen LogP contribution in [0.5, 0.6) is 0 Å². The third-order valence-corrected chi connectivity index (χ3v) is 4.44. The van der Waals surface area contributed by atoms with E-state index in [9.17, 15) is 0 Å². The first-order valence-electron chi connectivity index (χ1n) is 7.50. The molecule has 0 spiro atoms. The van der Waals surface area contributed by atoms with Gasteiger partial charge in [-0.1, -0.05) is 24.4 Å². The van der Waals surface area contributed by atoms with Crippen molar-refractivity contribution in [3.05, 3.63) is 40.5 Å². The molecule has 1 aliphatic carbocycles. The van der Waals surface area contributed by atoms with Gasteiger partial charge >= 0.3 is 0 Å². The molecule has 1 N–H and O–H groups in total. The summed E-state index contributed by atoms with van der Waals surface area (Å²) in [4.78, 5) is 9.45. The predicted octanol–water partition coefficient (Wildman–Crippen LogP) is 4.80. The normalized spacial score (nSPS) is 15.4. The lowest BCUT2D eigenvalue weighted by Crippen LogP contribution is -2.04. The second kappa shape index (κ2) is 6.02. The first-order chi connectivity index (χ1) is 10.2. The Balaban J connectivity index is 2.06. The molecule has 3 rings (SSSR count). The van der Waals surface area contributed by atoms with Crippen molar-refractivity contribution in [3.63, 3.8) is 0 Å². The van der Waals surface area contributed by atoms with Crippen molar-refractivity contribution >= 4 is 17.4 Å². The predicted molar refractivity (Wildman–Crippen MR) is 88.0 cm³/mol. The van der Waals surface area contributed by atoms with Crippen LogP contribution in [0.2, 0.25) is 5.02 Å². The van der Waals surface area contributed by atoms with Crippen LogP contribution in [0.3, 0.4) is 0 Å². The van der Waals surface area contributed by atoms with Crippen LogP contribution in [0.1, 0.15) is 42.9 Å². The van der Waals surface area contributed by atoms with E-state index in [1.54, 1.807) is 0 Å². The summed E-state index contributed by atoms with van der Waals surface area (Å²) in [6, 6.07) is 7.95. The fraction of sp³-hybridized carbons (Fsp3) is 0.412. The highest BCUT2D eigenvalue weighted by molar-refractivity contribution is 6.30. The number of nitrogens with zero attached hydrogens (tertiary/aromatic N) is 2. The number of aromatic nitrogens is 2. The monoisotopic (exact) mass is 301 g/mol. The molecule has 1 aromatic heterocycles. The Morgan fingerprint density at radius 2 is 1.90 bits per heavy atom. The van der Waals surface area contributed by atoms with Crippen LogP contribution in [0.4, 0.5) is 5.82 Å². The lowest BCUT2D eigenvalue weighted by Gasteiger charge is -2.13. The minimum Gasteiger partial charge on any atom is -0.373 e. The minimum atomic E-state index is 0.575. The molecule has 0 amide bonds. The van der Waals surface area contributed by atoms with E-state index in [1.807, 2.05) is 32.2 Å². The number of halogens is 1. The highest BCUT2D eigenvalue weighted by Crippen LogP contribution is 2.35. The summed E-state index contributed by atoms with van der Waals surface area (Å²) in [7, 11) is 1.90. The molecule has 1 fully saturated rings. The van der Waals surface area contributed by atoms with Crippen molar-refractivity contribution < 1.29 is 0 Å². The van der Waals surface area contributed by atoms with Crippen LogP contribution in [-0.2, 0) is 0 Å². The second-order valence-electron chi connectivity index (χ2n) is 5.69. The standard InChI is InChI=1S/C17H20ClN3/c1-11-9-13(18)7-8-14(11)17-20-15(10-16(19-2)21-17)12-5-3-4-6-12/h7-10,12H,3-6H2,1-2H3,(H,19,20,21).